The minimum absolute atomic E-state index is 0.00143. The van der Waals surface area contributed by atoms with Gasteiger partial charge in [-0.15, -0.1) is 0 Å². The summed E-state index contributed by atoms with van der Waals surface area (Å²) in [7, 11) is 0. The molecule has 0 unspecified atom stereocenters. The summed E-state index contributed by atoms with van der Waals surface area (Å²) in [5, 5.41) is 11.3. The third-order valence-corrected chi connectivity index (χ3v) is 3.77. The Balaban J connectivity index is 2.48. The van der Waals surface area contributed by atoms with E-state index in [0.29, 0.717) is 23.9 Å². The number of benzene rings is 1. The van der Waals surface area contributed by atoms with Crippen LogP contribution in [-0.4, -0.2) is 23.5 Å². The van der Waals surface area contributed by atoms with E-state index in [1.54, 1.807) is 6.07 Å². The molecule has 0 aliphatic rings. The molecule has 0 bridgehead atoms. The fourth-order valence-corrected chi connectivity index (χ4v) is 2.19. The van der Waals surface area contributed by atoms with Gasteiger partial charge in [0.05, 0.1) is 5.56 Å². The average molecular weight is 360 g/mol. The zero-order chi connectivity index (χ0) is 16.0. The van der Waals surface area contributed by atoms with Crippen molar-refractivity contribution in [1.29, 1.82) is 0 Å². The summed E-state index contributed by atoms with van der Waals surface area (Å²) < 4.78 is 14.2. The van der Waals surface area contributed by atoms with E-state index < -0.39 is 17.7 Å². The van der Waals surface area contributed by atoms with Crippen LogP contribution in [0.2, 0.25) is 0 Å². The van der Waals surface area contributed by atoms with Gasteiger partial charge in [-0.3, -0.25) is 9.59 Å². The molecule has 4 nitrogen and oxygen atoms in total. The van der Waals surface area contributed by atoms with E-state index in [1.165, 1.54) is 12.1 Å². The lowest BCUT2D eigenvalue weighted by Gasteiger charge is -2.23. The van der Waals surface area contributed by atoms with Crippen molar-refractivity contribution in [3.8, 4) is 0 Å². The van der Waals surface area contributed by atoms with Crippen LogP contribution < -0.4 is 5.32 Å². The van der Waals surface area contributed by atoms with Crippen LogP contribution in [0.25, 0.3) is 0 Å². The molecule has 0 aliphatic heterocycles. The van der Waals surface area contributed by atoms with Crippen molar-refractivity contribution < 1.29 is 19.1 Å². The first-order chi connectivity index (χ1) is 9.71. The van der Waals surface area contributed by atoms with Crippen molar-refractivity contribution in [1.82, 2.24) is 5.32 Å². The topological polar surface area (TPSA) is 66.4 Å². The smallest absolute Gasteiger partial charge is 0.303 e. The van der Waals surface area contributed by atoms with Crippen molar-refractivity contribution in [2.24, 2.45) is 5.41 Å². The van der Waals surface area contributed by atoms with Gasteiger partial charge in [-0.05, 0) is 36.5 Å². The molecule has 0 atom stereocenters. The highest BCUT2D eigenvalue weighted by atomic mass is 79.9. The van der Waals surface area contributed by atoms with E-state index >= 15 is 0 Å². The van der Waals surface area contributed by atoms with Gasteiger partial charge in [0.25, 0.3) is 5.91 Å². The van der Waals surface area contributed by atoms with Crippen molar-refractivity contribution >= 4 is 27.8 Å². The second-order valence-corrected chi connectivity index (χ2v) is 6.60. The maximum absolute atomic E-state index is 13.6. The molecule has 0 fully saturated rings. The number of hydrogen-bond donors (Lipinski definition) is 2. The normalized spacial score (nSPS) is 11.2. The van der Waals surface area contributed by atoms with E-state index in [0.717, 1.165) is 0 Å². The SMILES string of the molecule is CC(C)(CCNC(=O)c1ccc(Br)cc1F)CCC(=O)O. The molecule has 1 amide bonds. The summed E-state index contributed by atoms with van der Waals surface area (Å²) in [5.74, 6) is -1.87. The molecule has 0 heterocycles. The van der Waals surface area contributed by atoms with Crippen LogP contribution in [0.1, 0.15) is 43.5 Å². The van der Waals surface area contributed by atoms with Gasteiger partial charge in [0.1, 0.15) is 5.82 Å². The Kier molecular flexibility index (Phi) is 6.33. The zero-order valence-electron chi connectivity index (χ0n) is 12.1. The van der Waals surface area contributed by atoms with Crippen LogP contribution in [0.15, 0.2) is 22.7 Å². The molecule has 21 heavy (non-hydrogen) atoms. The molecule has 116 valence electrons. The molecule has 1 aromatic rings. The predicted octanol–water partition coefficient (Wildman–Crippen LogP) is 3.60. The van der Waals surface area contributed by atoms with Gasteiger partial charge in [0.15, 0.2) is 0 Å². The molecule has 0 aromatic heterocycles. The van der Waals surface area contributed by atoms with Crippen LogP contribution >= 0.6 is 15.9 Å². The molecule has 0 saturated carbocycles. The van der Waals surface area contributed by atoms with Crippen LogP contribution in [0.3, 0.4) is 0 Å². The number of aliphatic carboxylic acids is 1. The Bertz CT molecular complexity index is 532. The van der Waals surface area contributed by atoms with Crippen molar-refractivity contribution in [3.05, 3.63) is 34.1 Å². The van der Waals surface area contributed by atoms with Gasteiger partial charge in [-0.1, -0.05) is 29.8 Å². The number of halogens is 2. The second-order valence-electron chi connectivity index (χ2n) is 5.69. The van der Waals surface area contributed by atoms with Gasteiger partial charge in [-0.25, -0.2) is 4.39 Å². The van der Waals surface area contributed by atoms with Gasteiger partial charge in [0, 0.05) is 17.4 Å². The van der Waals surface area contributed by atoms with Gasteiger partial charge >= 0.3 is 5.97 Å². The molecule has 0 spiro atoms. The van der Waals surface area contributed by atoms with Gasteiger partial charge < -0.3 is 10.4 Å². The van der Waals surface area contributed by atoms with Crippen molar-refractivity contribution in [2.75, 3.05) is 6.54 Å². The number of hydrogen-bond acceptors (Lipinski definition) is 2. The summed E-state index contributed by atoms with van der Waals surface area (Å²) >= 11 is 3.13. The Morgan fingerprint density at radius 3 is 2.57 bits per heavy atom. The minimum Gasteiger partial charge on any atom is -0.481 e. The Labute approximate surface area is 131 Å². The lowest BCUT2D eigenvalue weighted by molar-refractivity contribution is -0.137. The maximum Gasteiger partial charge on any atom is 0.303 e. The fourth-order valence-electron chi connectivity index (χ4n) is 1.85. The van der Waals surface area contributed by atoms with Crippen molar-refractivity contribution in [3.63, 3.8) is 0 Å². The molecule has 6 heteroatoms. The summed E-state index contributed by atoms with van der Waals surface area (Å²) in [6, 6.07) is 4.27. The number of carbonyl (C=O) groups excluding carboxylic acids is 1. The highest BCUT2D eigenvalue weighted by Crippen LogP contribution is 2.26. The van der Waals surface area contributed by atoms with Crippen LogP contribution in [0.4, 0.5) is 4.39 Å². The maximum atomic E-state index is 13.6. The third-order valence-electron chi connectivity index (χ3n) is 3.28. The molecule has 1 aromatic carbocycles. The van der Waals surface area contributed by atoms with E-state index in [9.17, 15) is 14.0 Å². The van der Waals surface area contributed by atoms with Crippen molar-refractivity contribution in [2.45, 2.75) is 33.1 Å². The summed E-state index contributed by atoms with van der Waals surface area (Å²) in [4.78, 5) is 22.4. The molecule has 2 N–H and O–H groups in total. The van der Waals surface area contributed by atoms with E-state index in [-0.39, 0.29) is 17.4 Å². The molecular weight excluding hydrogens is 341 g/mol. The van der Waals surface area contributed by atoms with Crippen LogP contribution in [0.5, 0.6) is 0 Å². The Morgan fingerprint density at radius 1 is 1.33 bits per heavy atom. The highest BCUT2D eigenvalue weighted by molar-refractivity contribution is 9.10. The average Bonchev–Trinajstić information content (AvgIpc) is 2.36. The summed E-state index contributed by atoms with van der Waals surface area (Å²) in [6.45, 7) is 4.27. The van der Waals surface area contributed by atoms with E-state index in [1.807, 2.05) is 13.8 Å². The second kappa shape index (κ2) is 7.54. The lowest BCUT2D eigenvalue weighted by atomic mass is 9.84. The quantitative estimate of drug-likeness (QED) is 0.781. The van der Waals surface area contributed by atoms with Crippen LogP contribution in [0, 0.1) is 11.2 Å². The lowest BCUT2D eigenvalue weighted by Crippen LogP contribution is -2.29. The fraction of sp³-hybridized carbons (Fsp3) is 0.467. The number of nitrogens with one attached hydrogen (secondary N) is 1. The summed E-state index contributed by atoms with van der Waals surface area (Å²) in [5.41, 5.74) is -0.189. The number of carboxylic acid groups (broad SMARTS) is 1. The number of carboxylic acids is 1. The predicted molar refractivity (Wildman–Crippen MR) is 81.7 cm³/mol. The molecular formula is C15H19BrFNO3. The van der Waals surface area contributed by atoms with E-state index in [4.69, 9.17) is 5.11 Å². The molecule has 1 rings (SSSR count). The highest BCUT2D eigenvalue weighted by Gasteiger charge is 2.20. The van der Waals surface area contributed by atoms with Crippen LogP contribution in [-0.2, 0) is 4.79 Å². The largest absolute Gasteiger partial charge is 0.481 e. The molecule has 0 aliphatic carbocycles. The molecule has 0 saturated heterocycles. The minimum atomic E-state index is -0.830. The zero-order valence-corrected chi connectivity index (χ0v) is 13.7. The number of carbonyl (C=O) groups is 2. The first-order valence-corrected chi connectivity index (χ1v) is 7.46. The summed E-state index contributed by atoms with van der Waals surface area (Å²) in [6.07, 6.45) is 1.26. The first kappa shape index (κ1) is 17.6. The third kappa shape index (κ3) is 6.25. The van der Waals surface area contributed by atoms with Gasteiger partial charge in [0.2, 0.25) is 0 Å². The van der Waals surface area contributed by atoms with E-state index in [2.05, 4.69) is 21.2 Å². The molecule has 0 radical (unpaired) electrons. The standard InChI is InChI=1S/C15H19BrFNO3/c1-15(2,6-5-13(19)20)7-8-18-14(21)11-4-3-10(16)9-12(11)17/h3-4,9H,5-8H2,1-2H3,(H,18,21)(H,19,20). The van der Waals surface area contributed by atoms with Gasteiger partial charge in [-0.2, -0.15) is 0 Å². The number of rotatable bonds is 7. The Morgan fingerprint density at radius 2 is 2.00 bits per heavy atom. The number of amides is 1. The first-order valence-electron chi connectivity index (χ1n) is 6.66. The monoisotopic (exact) mass is 359 g/mol. The Hall–Kier alpha value is -1.43.